The van der Waals surface area contributed by atoms with E-state index in [1.54, 1.807) is 0 Å². The number of carbonyl (C=O) groups is 4. The van der Waals surface area contributed by atoms with Gasteiger partial charge in [-0.25, -0.2) is 9.13 Å². The number of phosphoric ester groups is 2. The molecule has 0 rings (SSSR count). The van der Waals surface area contributed by atoms with E-state index in [1.165, 1.54) is 19.3 Å². The minimum Gasteiger partial charge on any atom is -0.462 e. The molecule has 0 aliphatic carbocycles. The fraction of sp³-hybridized carbons (Fsp3) is 0.570. The van der Waals surface area contributed by atoms with Crippen molar-refractivity contribution >= 4 is 39.5 Å². The SMILES string of the molecule is CC/C=C\C/C=C\C/C=C\C/C=C\C/C=C\C/C=C\CCC(=O)OCC(COP(=O)(O)OCC(O)COP(=O)(O)OCC(COC(=O)CCCCCCCC/C=C\C/C=C\C/C=C\CCCCC)OC(=O)CCC/C=C\C/C=C\C/C=C\C/C=C\C/C=C\CC)OC(=O)CCCCCC/C=C\C/C=C\C/C=C\C/C=C\CC. The quantitative estimate of drug-likeness (QED) is 0.0169. The van der Waals surface area contributed by atoms with E-state index in [2.05, 4.69) is 216 Å². The number of phosphoric acid groups is 2. The molecule has 19 heteroatoms. The summed E-state index contributed by atoms with van der Waals surface area (Å²) in [5, 5.41) is 10.7. The molecule has 0 aromatic heterocycles. The minimum absolute atomic E-state index is 0.00219. The summed E-state index contributed by atoms with van der Waals surface area (Å²) in [5.74, 6) is -2.41. The number of hydrogen-bond acceptors (Lipinski definition) is 15. The predicted octanol–water partition coefficient (Wildman–Crippen LogP) is 25.2. The number of esters is 4. The van der Waals surface area contributed by atoms with Crippen molar-refractivity contribution in [1.29, 1.82) is 0 Å². The first kappa shape index (κ1) is 105. The Labute approximate surface area is 677 Å². The van der Waals surface area contributed by atoms with Crippen molar-refractivity contribution in [3.63, 3.8) is 0 Å². The van der Waals surface area contributed by atoms with E-state index in [9.17, 15) is 43.2 Å². The van der Waals surface area contributed by atoms with Crippen LogP contribution in [-0.2, 0) is 65.4 Å². The van der Waals surface area contributed by atoms with Crippen molar-refractivity contribution in [2.24, 2.45) is 0 Å². The van der Waals surface area contributed by atoms with E-state index >= 15 is 0 Å². The zero-order valence-electron chi connectivity index (χ0n) is 69.0. The maximum atomic E-state index is 13.1. The fourth-order valence-corrected chi connectivity index (χ4v) is 11.7. The molecule has 0 spiro atoms. The van der Waals surface area contributed by atoms with E-state index in [0.717, 1.165) is 173 Å². The van der Waals surface area contributed by atoms with Crippen LogP contribution in [-0.4, -0.2) is 96.7 Å². The zero-order valence-corrected chi connectivity index (χ0v) is 70.8. The number of carbonyl (C=O) groups excluding carboxylic acids is 4. The lowest BCUT2D eigenvalue weighted by molar-refractivity contribution is -0.161. The molecule has 0 bridgehead atoms. The average molecular weight is 1600 g/mol. The van der Waals surface area contributed by atoms with Gasteiger partial charge in [-0.2, -0.15) is 0 Å². The molecule has 5 atom stereocenters. The number of unbranched alkanes of at least 4 members (excludes halogenated alkanes) is 14. The van der Waals surface area contributed by atoms with Crippen molar-refractivity contribution in [2.45, 2.75) is 303 Å². The first-order valence-corrected chi connectivity index (χ1v) is 45.0. The lowest BCUT2D eigenvalue weighted by atomic mass is 10.1. The molecule has 0 aromatic rings. The lowest BCUT2D eigenvalue weighted by Crippen LogP contribution is -2.30. The van der Waals surface area contributed by atoms with Gasteiger partial charge < -0.3 is 33.8 Å². The molecule has 0 saturated heterocycles. The number of allylic oxidation sites excluding steroid dienone is 36. The topological polar surface area (TPSA) is 237 Å². The maximum absolute atomic E-state index is 13.1. The number of aliphatic hydroxyl groups is 1. The summed E-state index contributed by atoms with van der Waals surface area (Å²) in [4.78, 5) is 73.2. The van der Waals surface area contributed by atoms with Gasteiger partial charge in [0.1, 0.15) is 19.3 Å². The third-order valence-electron chi connectivity index (χ3n) is 16.4. The first-order valence-electron chi connectivity index (χ1n) is 42.0. The molecular formula is C93H146O17P2. The Morgan fingerprint density at radius 3 is 0.804 bits per heavy atom. The van der Waals surface area contributed by atoms with Crippen LogP contribution in [0, 0.1) is 0 Å². The Balaban J connectivity index is 5.56. The van der Waals surface area contributed by atoms with Gasteiger partial charge in [0.2, 0.25) is 0 Å². The number of hydrogen-bond donors (Lipinski definition) is 3. The van der Waals surface area contributed by atoms with E-state index in [1.807, 2.05) is 30.4 Å². The predicted molar refractivity (Wildman–Crippen MR) is 463 cm³/mol. The molecule has 3 N–H and O–H groups in total. The summed E-state index contributed by atoms with van der Waals surface area (Å²) in [5.41, 5.74) is 0. The van der Waals surface area contributed by atoms with E-state index in [-0.39, 0.29) is 25.7 Å². The minimum atomic E-state index is -5.02. The van der Waals surface area contributed by atoms with Crippen LogP contribution >= 0.6 is 15.6 Å². The highest BCUT2D eigenvalue weighted by Crippen LogP contribution is 2.45. The van der Waals surface area contributed by atoms with Gasteiger partial charge in [0.15, 0.2) is 12.2 Å². The van der Waals surface area contributed by atoms with Crippen LogP contribution in [0.5, 0.6) is 0 Å². The molecule has 112 heavy (non-hydrogen) atoms. The molecular weight excluding hydrogens is 1450 g/mol. The van der Waals surface area contributed by atoms with Crippen molar-refractivity contribution in [3.8, 4) is 0 Å². The van der Waals surface area contributed by atoms with Gasteiger partial charge >= 0.3 is 39.5 Å². The van der Waals surface area contributed by atoms with Gasteiger partial charge in [-0.15, -0.1) is 0 Å². The molecule has 0 aliphatic rings. The van der Waals surface area contributed by atoms with Crippen LogP contribution < -0.4 is 0 Å². The standard InChI is InChI=1S/C93H146O17P2/c1-5-9-13-17-21-25-29-33-37-41-43-47-49-53-57-61-65-69-73-77-90(95)103-83-88(109-92(97)79-75-71-67-63-59-55-51-45-39-35-31-27-23-19-15-11-7-3)85-107-111(99,100)105-81-87(94)82-106-112(101,102)108-86-89(110-93(98)80-76-72-68-64-60-56-52-46-40-36-32-28-24-20-16-12-8-4)84-104-91(96)78-74-70-66-62-58-54-50-48-44-42-38-34-30-26-22-18-14-10-6-2/h9,11-13,15-16,21-28,33-40,43-44,47-48,51-53,55-57,64-65,68-69,87-89,94H,5-8,10,14,17-20,29-32,41-42,45-46,49-50,54,58-63,66-67,70-86H2,1-4H3,(H,99,100)(H,101,102)/b13-9-,15-11-,16-12-,25-21-,26-22-,27-23-,28-24-,37-33-,38-34-,39-35-,40-36-,47-43-,48-44-,55-51-,56-52-,57-53-,68-64-,69-65-. The van der Waals surface area contributed by atoms with Crippen molar-refractivity contribution in [2.75, 3.05) is 39.6 Å². The summed E-state index contributed by atoms with van der Waals surface area (Å²) in [6.45, 7) is 4.29. The van der Waals surface area contributed by atoms with Gasteiger partial charge in [0.05, 0.1) is 26.4 Å². The third kappa shape index (κ3) is 81.4. The van der Waals surface area contributed by atoms with E-state index in [0.29, 0.717) is 38.5 Å². The highest BCUT2D eigenvalue weighted by Gasteiger charge is 2.30. The molecule has 0 radical (unpaired) electrons. The highest BCUT2D eigenvalue weighted by molar-refractivity contribution is 7.47. The summed E-state index contributed by atoms with van der Waals surface area (Å²) in [6, 6.07) is 0. The lowest BCUT2D eigenvalue weighted by Gasteiger charge is -2.21. The van der Waals surface area contributed by atoms with Gasteiger partial charge in [-0.05, 0) is 180 Å². The van der Waals surface area contributed by atoms with Crippen molar-refractivity contribution in [3.05, 3.63) is 219 Å². The van der Waals surface area contributed by atoms with Crippen LogP contribution in [0.1, 0.15) is 285 Å². The molecule has 0 aliphatic heterocycles. The van der Waals surface area contributed by atoms with Crippen LogP contribution in [0.25, 0.3) is 0 Å². The second kappa shape index (κ2) is 82.4. The molecule has 17 nitrogen and oxygen atoms in total. The van der Waals surface area contributed by atoms with Crippen LogP contribution in [0.4, 0.5) is 0 Å². The summed E-state index contributed by atoms with van der Waals surface area (Å²) < 4.78 is 68.6. The smallest absolute Gasteiger partial charge is 0.462 e. The fourth-order valence-electron chi connectivity index (χ4n) is 10.2. The highest BCUT2D eigenvalue weighted by atomic mass is 31.2. The normalized spacial score (nSPS) is 14.9. The summed E-state index contributed by atoms with van der Waals surface area (Å²) in [6.07, 6.45) is 105. The van der Waals surface area contributed by atoms with Gasteiger partial charge in [0, 0.05) is 25.7 Å². The summed E-state index contributed by atoms with van der Waals surface area (Å²) >= 11 is 0. The Morgan fingerprint density at radius 2 is 0.491 bits per heavy atom. The van der Waals surface area contributed by atoms with Gasteiger partial charge in [-0.1, -0.05) is 298 Å². The number of rotatable bonds is 76. The van der Waals surface area contributed by atoms with Crippen molar-refractivity contribution < 1.29 is 80.2 Å². The molecule has 0 aromatic carbocycles. The molecule has 630 valence electrons. The zero-order chi connectivity index (χ0) is 81.7. The monoisotopic (exact) mass is 1600 g/mol. The Morgan fingerprint density at radius 1 is 0.259 bits per heavy atom. The molecule has 0 fully saturated rings. The van der Waals surface area contributed by atoms with Gasteiger partial charge in [0.25, 0.3) is 0 Å². The second-order valence-electron chi connectivity index (χ2n) is 26.9. The Bertz CT molecular complexity index is 2990. The summed E-state index contributed by atoms with van der Waals surface area (Å²) in [7, 11) is -10.0. The van der Waals surface area contributed by atoms with Crippen LogP contribution in [0.2, 0.25) is 0 Å². The van der Waals surface area contributed by atoms with Crippen LogP contribution in [0.3, 0.4) is 0 Å². The number of ether oxygens (including phenoxy) is 4. The van der Waals surface area contributed by atoms with Gasteiger partial charge in [-0.3, -0.25) is 37.3 Å². The van der Waals surface area contributed by atoms with E-state index < -0.39 is 97.5 Å². The molecule has 0 saturated carbocycles. The molecule has 0 amide bonds. The maximum Gasteiger partial charge on any atom is 0.472 e. The third-order valence-corrected chi connectivity index (χ3v) is 18.3. The van der Waals surface area contributed by atoms with Crippen LogP contribution in [0.15, 0.2) is 219 Å². The second-order valence-corrected chi connectivity index (χ2v) is 29.8. The van der Waals surface area contributed by atoms with Crippen molar-refractivity contribution in [1.82, 2.24) is 0 Å². The van der Waals surface area contributed by atoms with E-state index in [4.69, 9.17) is 37.0 Å². The molecule has 0 heterocycles. The Hall–Kier alpha value is -6.62. The Kier molecular flexibility index (Phi) is 77.5. The average Bonchev–Trinajstić information content (AvgIpc) is 0.895. The first-order chi connectivity index (χ1) is 54.7. The largest absolute Gasteiger partial charge is 0.472 e. The molecule has 5 unspecified atom stereocenters. The number of aliphatic hydroxyl groups excluding tert-OH is 1.